The number of rotatable bonds is 5. The summed E-state index contributed by atoms with van der Waals surface area (Å²) in [6.07, 6.45) is 9.16. The molecule has 0 bridgehead atoms. The number of nitrogens with zero attached hydrogens (tertiary/aromatic N) is 5. The number of hydrogen-bond donors (Lipinski definition) is 3. The molecule has 4 heterocycles. The monoisotopic (exact) mass is 574 g/mol. The number of H-pyrrole nitrogens is 1. The highest BCUT2D eigenvalue weighted by Crippen LogP contribution is 2.35. The van der Waals surface area contributed by atoms with Crippen LogP contribution in [-0.4, -0.2) is 57.4 Å². The number of aliphatic imine (C=N–C) groups is 2. The molecule has 3 aliphatic rings. The van der Waals surface area contributed by atoms with Crippen LogP contribution in [0.1, 0.15) is 48.8 Å². The average Bonchev–Trinajstić information content (AvgIpc) is 3.70. The molecule has 1 aliphatic carbocycles. The second kappa shape index (κ2) is 10.8. The van der Waals surface area contributed by atoms with Crippen molar-refractivity contribution in [1.82, 2.24) is 19.7 Å². The minimum absolute atomic E-state index is 0.0781. The van der Waals surface area contributed by atoms with E-state index in [0.717, 1.165) is 59.1 Å². The first-order valence-corrected chi connectivity index (χ1v) is 14.4. The van der Waals surface area contributed by atoms with Gasteiger partial charge in [-0.25, -0.2) is 19.5 Å². The van der Waals surface area contributed by atoms with Crippen molar-refractivity contribution >= 4 is 46.9 Å². The number of benzene rings is 2. The maximum Gasteiger partial charge on any atom is 0.324 e. The Kier molecular flexibility index (Phi) is 6.69. The Morgan fingerprint density at radius 1 is 1.00 bits per heavy atom. The van der Waals surface area contributed by atoms with E-state index in [2.05, 4.69) is 25.6 Å². The van der Waals surface area contributed by atoms with Gasteiger partial charge in [0.25, 0.3) is 0 Å². The minimum Gasteiger partial charge on any atom is -0.322 e. The van der Waals surface area contributed by atoms with Gasteiger partial charge in [-0.05, 0) is 54.8 Å². The molecule has 2 aromatic heterocycles. The van der Waals surface area contributed by atoms with Crippen LogP contribution in [-0.2, 0) is 4.79 Å². The number of likely N-dealkylation sites (N-methyl/N-ethyl adjacent to an activating group) is 1. The van der Waals surface area contributed by atoms with Gasteiger partial charge in [0.1, 0.15) is 12.2 Å². The number of urea groups is 1. The standard InChI is InChI=1S/C32H30N8O3/c1-39-30-22(17-33-18-34-30)15-25(31(39)42)20-7-4-8-23(13-20)35-32(43)37-28-16-27(19-5-2-3-6-19)38-40(28)24-10-11-26-21(14-24)9-12-29(41)36-26/h4,7-19,25,30H,2-3,5-6H2,1H3,(H,36,41)(H2,35,37,43). The third kappa shape index (κ3) is 5.14. The summed E-state index contributed by atoms with van der Waals surface area (Å²) in [7, 11) is 1.73. The minimum atomic E-state index is -0.515. The quantitative estimate of drug-likeness (QED) is 0.311. The molecule has 4 aromatic rings. The number of hydrogen-bond acceptors (Lipinski definition) is 6. The van der Waals surface area contributed by atoms with Gasteiger partial charge in [0.15, 0.2) is 6.17 Å². The fourth-order valence-corrected chi connectivity index (χ4v) is 6.14. The second-order valence-electron chi connectivity index (χ2n) is 11.2. The van der Waals surface area contributed by atoms with Gasteiger partial charge in [0, 0.05) is 53.5 Å². The summed E-state index contributed by atoms with van der Waals surface area (Å²) in [6, 6.07) is 17.7. The summed E-state index contributed by atoms with van der Waals surface area (Å²) in [6.45, 7) is 0. The van der Waals surface area contributed by atoms with E-state index in [0.29, 0.717) is 17.4 Å². The van der Waals surface area contributed by atoms with Crippen LogP contribution in [0.3, 0.4) is 0 Å². The zero-order valence-corrected chi connectivity index (χ0v) is 23.5. The van der Waals surface area contributed by atoms with E-state index in [1.54, 1.807) is 35.0 Å². The molecule has 0 saturated heterocycles. The Morgan fingerprint density at radius 2 is 1.86 bits per heavy atom. The predicted molar refractivity (Wildman–Crippen MR) is 166 cm³/mol. The summed E-state index contributed by atoms with van der Waals surface area (Å²) in [5, 5.41) is 11.7. The predicted octanol–water partition coefficient (Wildman–Crippen LogP) is 4.94. The van der Waals surface area contributed by atoms with Gasteiger partial charge in [-0.3, -0.25) is 14.9 Å². The Bertz CT molecular complexity index is 1900. The van der Waals surface area contributed by atoms with Crippen LogP contribution in [0, 0.1) is 0 Å². The molecule has 2 aliphatic heterocycles. The molecule has 216 valence electrons. The van der Waals surface area contributed by atoms with Crippen molar-refractivity contribution < 1.29 is 9.59 Å². The molecule has 11 nitrogen and oxygen atoms in total. The van der Waals surface area contributed by atoms with Crippen molar-refractivity contribution in [2.45, 2.75) is 43.7 Å². The van der Waals surface area contributed by atoms with E-state index >= 15 is 0 Å². The average molecular weight is 575 g/mol. The van der Waals surface area contributed by atoms with Crippen molar-refractivity contribution in [3.8, 4) is 5.69 Å². The lowest BCUT2D eigenvalue weighted by Gasteiger charge is -2.34. The molecule has 1 saturated carbocycles. The van der Waals surface area contributed by atoms with Gasteiger partial charge < -0.3 is 15.2 Å². The van der Waals surface area contributed by atoms with Crippen LogP contribution < -0.4 is 16.2 Å². The molecule has 43 heavy (non-hydrogen) atoms. The lowest BCUT2D eigenvalue weighted by molar-refractivity contribution is -0.132. The lowest BCUT2D eigenvalue weighted by atomic mass is 9.90. The third-order valence-electron chi connectivity index (χ3n) is 8.33. The second-order valence-corrected chi connectivity index (χ2v) is 11.2. The van der Waals surface area contributed by atoms with Gasteiger partial charge in [0.2, 0.25) is 11.5 Å². The number of carbonyl (C=O) groups excluding carboxylic acids is 2. The topological polar surface area (TPSA) is 137 Å². The number of aromatic amines is 1. The maximum atomic E-state index is 13.3. The molecule has 2 unspecified atom stereocenters. The number of anilines is 2. The van der Waals surface area contributed by atoms with Gasteiger partial charge in [0.05, 0.1) is 17.3 Å². The number of fused-ring (bicyclic) bond motifs is 2. The van der Waals surface area contributed by atoms with E-state index in [9.17, 15) is 14.4 Å². The number of nitrogens with one attached hydrogen (secondary N) is 3. The van der Waals surface area contributed by atoms with Crippen LogP contribution >= 0.6 is 0 Å². The van der Waals surface area contributed by atoms with Crippen LogP contribution in [0.4, 0.5) is 16.3 Å². The Hall–Kier alpha value is -5.32. The van der Waals surface area contributed by atoms with E-state index < -0.39 is 11.9 Å². The van der Waals surface area contributed by atoms with Crippen LogP contribution in [0.5, 0.6) is 0 Å². The van der Waals surface area contributed by atoms with Crippen molar-refractivity contribution in [2.24, 2.45) is 9.98 Å². The lowest BCUT2D eigenvalue weighted by Crippen LogP contribution is -2.44. The van der Waals surface area contributed by atoms with Gasteiger partial charge in [-0.15, -0.1) is 0 Å². The molecule has 3 N–H and O–H groups in total. The highest BCUT2D eigenvalue weighted by molar-refractivity contribution is 6.00. The van der Waals surface area contributed by atoms with E-state index in [4.69, 9.17) is 5.10 Å². The Balaban J connectivity index is 1.15. The zero-order chi connectivity index (χ0) is 29.5. The first-order valence-electron chi connectivity index (χ1n) is 14.4. The number of carbonyl (C=O) groups is 2. The molecular formula is C32H30N8O3. The number of pyridine rings is 1. The molecule has 2 aromatic carbocycles. The molecular weight excluding hydrogens is 544 g/mol. The molecule has 7 rings (SSSR count). The van der Waals surface area contributed by atoms with Crippen LogP contribution in [0.25, 0.3) is 16.6 Å². The summed E-state index contributed by atoms with van der Waals surface area (Å²) < 4.78 is 1.74. The summed E-state index contributed by atoms with van der Waals surface area (Å²) in [5.41, 5.74) is 4.44. The van der Waals surface area contributed by atoms with Gasteiger partial charge >= 0.3 is 6.03 Å². The van der Waals surface area contributed by atoms with Crippen molar-refractivity contribution in [3.63, 3.8) is 0 Å². The van der Waals surface area contributed by atoms with E-state index in [1.165, 1.54) is 12.4 Å². The molecule has 1 fully saturated rings. The summed E-state index contributed by atoms with van der Waals surface area (Å²) in [5.74, 6) is 0.291. The van der Waals surface area contributed by atoms with Crippen molar-refractivity contribution in [2.75, 3.05) is 17.7 Å². The van der Waals surface area contributed by atoms with Gasteiger partial charge in [-0.2, -0.15) is 5.10 Å². The first-order chi connectivity index (χ1) is 20.9. The first kappa shape index (κ1) is 26.6. The number of amides is 3. The highest BCUT2D eigenvalue weighted by Gasteiger charge is 2.34. The molecule has 11 heteroatoms. The smallest absolute Gasteiger partial charge is 0.322 e. The van der Waals surface area contributed by atoms with E-state index in [-0.39, 0.29) is 17.6 Å². The van der Waals surface area contributed by atoms with Gasteiger partial charge in [-0.1, -0.05) is 31.1 Å². The Labute approximate surface area is 247 Å². The van der Waals surface area contributed by atoms with Crippen molar-refractivity contribution in [1.29, 1.82) is 0 Å². The maximum absolute atomic E-state index is 13.3. The van der Waals surface area contributed by atoms with Crippen LogP contribution in [0.2, 0.25) is 0 Å². The van der Waals surface area contributed by atoms with Crippen LogP contribution in [0.15, 0.2) is 87.1 Å². The largest absolute Gasteiger partial charge is 0.324 e. The SMILES string of the molecule is CN1C(=O)C(c2cccc(NC(=O)Nc3cc(C4CCCC4)nn3-c3ccc4[nH]c(=O)ccc4c3)c2)C=C2C=NC=NC21. The van der Waals surface area contributed by atoms with Crippen molar-refractivity contribution in [3.05, 3.63) is 93.9 Å². The third-order valence-corrected chi connectivity index (χ3v) is 8.33. The fourth-order valence-electron chi connectivity index (χ4n) is 6.14. The molecule has 2 atom stereocenters. The normalized spacial score (nSPS) is 19.9. The molecule has 3 amide bonds. The van der Waals surface area contributed by atoms with E-state index in [1.807, 2.05) is 48.5 Å². The highest BCUT2D eigenvalue weighted by atomic mass is 16.2. The fraction of sp³-hybridized carbons (Fsp3) is 0.250. The zero-order valence-electron chi connectivity index (χ0n) is 23.5. The summed E-state index contributed by atoms with van der Waals surface area (Å²) in [4.78, 5) is 51.1. The number of aromatic nitrogens is 3. The Morgan fingerprint density at radius 3 is 2.72 bits per heavy atom. The molecule has 0 radical (unpaired) electrons. The summed E-state index contributed by atoms with van der Waals surface area (Å²) >= 11 is 0. The molecule has 0 spiro atoms.